The molecule has 0 spiro atoms. The predicted molar refractivity (Wildman–Crippen MR) is 30.0 cm³/mol. The zero-order valence-corrected chi connectivity index (χ0v) is 4.84. The molecular formula is C6H11O2. The van der Waals surface area contributed by atoms with Crippen LogP contribution in [0.15, 0.2) is 0 Å². The first-order chi connectivity index (χ1) is 3.79. The van der Waals surface area contributed by atoms with Crippen LogP contribution in [0.5, 0.6) is 0 Å². The lowest BCUT2D eigenvalue weighted by atomic mass is 10.5. The van der Waals surface area contributed by atoms with Crippen LogP contribution in [0.25, 0.3) is 0 Å². The van der Waals surface area contributed by atoms with E-state index >= 15 is 0 Å². The van der Waals surface area contributed by atoms with Crippen LogP contribution in [-0.4, -0.2) is 18.0 Å². The normalized spacial score (nSPS) is 23.2. The Labute approximate surface area is 49.5 Å². The lowest BCUT2D eigenvalue weighted by Gasteiger charge is -2.03. The molecule has 1 aliphatic carbocycles. The van der Waals surface area contributed by atoms with E-state index in [1.165, 1.54) is 12.8 Å². The van der Waals surface area contributed by atoms with Gasteiger partial charge in [-0.05, 0) is 18.8 Å². The van der Waals surface area contributed by atoms with Gasteiger partial charge in [-0.25, -0.2) is 0 Å². The Bertz CT molecular complexity index is 64.9. The number of hydrogen-bond acceptors (Lipinski definition) is 2. The molecule has 0 aliphatic heterocycles. The molecule has 1 unspecified atom stereocenters. The first-order valence-corrected chi connectivity index (χ1v) is 2.92. The molecule has 8 heavy (non-hydrogen) atoms. The Morgan fingerprint density at radius 3 is 2.75 bits per heavy atom. The van der Waals surface area contributed by atoms with E-state index in [1.54, 1.807) is 0 Å². The average Bonchev–Trinajstić information content (AvgIpc) is 2.41. The summed E-state index contributed by atoms with van der Waals surface area (Å²) in [6.07, 6.45) is 1.69. The highest BCUT2D eigenvalue weighted by molar-refractivity contribution is 4.72. The van der Waals surface area contributed by atoms with E-state index in [9.17, 15) is 0 Å². The summed E-state index contributed by atoms with van der Waals surface area (Å²) in [7, 11) is 0. The van der Waals surface area contributed by atoms with Crippen molar-refractivity contribution in [2.75, 3.05) is 6.61 Å². The minimum absolute atomic E-state index is 0.685. The van der Waals surface area contributed by atoms with Gasteiger partial charge in [-0.3, -0.25) is 0 Å². The quantitative estimate of drug-likeness (QED) is 0.545. The minimum Gasteiger partial charge on any atom is -0.368 e. The highest BCUT2D eigenvalue weighted by Crippen LogP contribution is 2.28. The molecule has 1 saturated carbocycles. The van der Waals surface area contributed by atoms with Crippen molar-refractivity contribution in [1.29, 1.82) is 0 Å². The van der Waals surface area contributed by atoms with Crippen LogP contribution in [0, 0.1) is 12.8 Å². The summed E-state index contributed by atoms with van der Waals surface area (Å²) in [6, 6.07) is 0. The van der Waals surface area contributed by atoms with Gasteiger partial charge in [0.25, 0.3) is 0 Å². The number of rotatable bonds is 3. The molecule has 1 aliphatic rings. The minimum atomic E-state index is -0.824. The Morgan fingerprint density at radius 1 is 1.75 bits per heavy atom. The smallest absolute Gasteiger partial charge is 0.154 e. The maximum Gasteiger partial charge on any atom is 0.154 e. The van der Waals surface area contributed by atoms with Crippen LogP contribution in [0.1, 0.15) is 12.8 Å². The van der Waals surface area contributed by atoms with Crippen molar-refractivity contribution in [1.82, 2.24) is 0 Å². The van der Waals surface area contributed by atoms with Crippen LogP contribution in [-0.2, 0) is 4.74 Å². The van der Waals surface area contributed by atoms with Gasteiger partial charge in [-0.2, -0.15) is 0 Å². The van der Waals surface area contributed by atoms with Gasteiger partial charge in [0.15, 0.2) is 6.29 Å². The molecule has 1 radical (unpaired) electrons. The van der Waals surface area contributed by atoms with Crippen LogP contribution in [0.4, 0.5) is 0 Å². The lowest BCUT2D eigenvalue weighted by Crippen LogP contribution is -2.08. The van der Waals surface area contributed by atoms with Gasteiger partial charge >= 0.3 is 0 Å². The molecule has 2 heteroatoms. The summed E-state index contributed by atoms with van der Waals surface area (Å²) >= 11 is 0. The van der Waals surface area contributed by atoms with E-state index < -0.39 is 6.29 Å². The largest absolute Gasteiger partial charge is 0.368 e. The van der Waals surface area contributed by atoms with E-state index in [4.69, 9.17) is 9.84 Å². The Kier molecular flexibility index (Phi) is 1.86. The van der Waals surface area contributed by atoms with E-state index in [0.717, 1.165) is 0 Å². The summed E-state index contributed by atoms with van der Waals surface area (Å²) in [6.45, 7) is 3.96. The predicted octanol–water partition coefficient (Wildman–Crippen LogP) is 0.565. The van der Waals surface area contributed by atoms with Crippen LogP contribution in [0.3, 0.4) is 0 Å². The highest BCUT2D eigenvalue weighted by Gasteiger charge is 2.21. The molecule has 1 rings (SSSR count). The molecule has 47 valence electrons. The van der Waals surface area contributed by atoms with Gasteiger partial charge in [0.1, 0.15) is 0 Å². The van der Waals surface area contributed by atoms with Crippen molar-refractivity contribution >= 4 is 0 Å². The van der Waals surface area contributed by atoms with E-state index in [1.807, 2.05) is 0 Å². The number of ether oxygens (including phenoxy) is 1. The van der Waals surface area contributed by atoms with Gasteiger partial charge in [0.05, 0.1) is 6.61 Å². The maximum absolute atomic E-state index is 8.50. The van der Waals surface area contributed by atoms with Gasteiger partial charge in [0.2, 0.25) is 0 Å². The molecule has 0 aromatic rings. The zero-order chi connectivity index (χ0) is 5.98. The van der Waals surface area contributed by atoms with Gasteiger partial charge in [-0.15, -0.1) is 0 Å². The fraction of sp³-hybridized carbons (Fsp3) is 0.833. The molecule has 0 aromatic heterocycles. The van der Waals surface area contributed by atoms with Crippen LogP contribution < -0.4 is 0 Å². The summed E-state index contributed by atoms with van der Waals surface area (Å²) in [5.74, 6) is 0.714. The van der Waals surface area contributed by atoms with Crippen molar-refractivity contribution in [2.45, 2.75) is 19.1 Å². The molecule has 0 amide bonds. The molecular weight excluding hydrogens is 104 g/mol. The van der Waals surface area contributed by atoms with Gasteiger partial charge < -0.3 is 9.84 Å². The second-order valence-corrected chi connectivity index (χ2v) is 2.23. The summed E-state index contributed by atoms with van der Waals surface area (Å²) in [5.41, 5.74) is 0. The third-order valence-corrected chi connectivity index (χ3v) is 1.22. The highest BCUT2D eigenvalue weighted by atomic mass is 16.6. The van der Waals surface area contributed by atoms with Gasteiger partial charge in [0, 0.05) is 6.92 Å². The van der Waals surface area contributed by atoms with Crippen molar-refractivity contribution in [3.05, 3.63) is 6.92 Å². The molecule has 1 fully saturated rings. The zero-order valence-electron chi connectivity index (χ0n) is 4.84. The van der Waals surface area contributed by atoms with E-state index in [0.29, 0.717) is 12.5 Å². The molecule has 0 heterocycles. The summed E-state index contributed by atoms with van der Waals surface area (Å²) in [5, 5.41) is 8.50. The Morgan fingerprint density at radius 2 is 2.38 bits per heavy atom. The third-order valence-electron chi connectivity index (χ3n) is 1.22. The SMILES string of the molecule is [CH2]C(O)OCC1CC1. The standard InChI is InChI=1S/C6H11O2/c1-5(7)8-4-6-2-3-6/h5-7H,1-4H2. The fourth-order valence-electron chi connectivity index (χ4n) is 0.532. The van der Waals surface area contributed by atoms with E-state index in [-0.39, 0.29) is 0 Å². The number of aliphatic hydroxyl groups is 1. The topological polar surface area (TPSA) is 29.5 Å². The fourth-order valence-corrected chi connectivity index (χ4v) is 0.532. The molecule has 1 atom stereocenters. The van der Waals surface area contributed by atoms with Crippen molar-refractivity contribution in [2.24, 2.45) is 5.92 Å². The first-order valence-electron chi connectivity index (χ1n) is 2.92. The van der Waals surface area contributed by atoms with Crippen LogP contribution in [0.2, 0.25) is 0 Å². The Balaban J connectivity index is 1.87. The molecule has 0 saturated heterocycles. The second kappa shape index (κ2) is 2.46. The molecule has 2 nitrogen and oxygen atoms in total. The maximum atomic E-state index is 8.50. The van der Waals surface area contributed by atoms with E-state index in [2.05, 4.69) is 6.92 Å². The third kappa shape index (κ3) is 2.28. The first kappa shape index (κ1) is 6.05. The monoisotopic (exact) mass is 115 g/mol. The molecule has 0 bridgehead atoms. The van der Waals surface area contributed by atoms with Crippen molar-refractivity contribution in [3.63, 3.8) is 0 Å². The number of hydrogen-bond donors (Lipinski definition) is 1. The van der Waals surface area contributed by atoms with Gasteiger partial charge in [-0.1, -0.05) is 0 Å². The number of aliphatic hydroxyl groups excluding tert-OH is 1. The summed E-state index contributed by atoms with van der Waals surface area (Å²) in [4.78, 5) is 0. The van der Waals surface area contributed by atoms with Crippen molar-refractivity contribution < 1.29 is 9.84 Å². The average molecular weight is 115 g/mol. The lowest BCUT2D eigenvalue weighted by molar-refractivity contribution is -0.0701. The molecule has 0 aromatic carbocycles. The Hall–Kier alpha value is -0.0800. The second-order valence-electron chi connectivity index (χ2n) is 2.23. The van der Waals surface area contributed by atoms with Crippen LogP contribution >= 0.6 is 0 Å². The molecule has 1 N–H and O–H groups in total. The summed E-state index contributed by atoms with van der Waals surface area (Å²) < 4.78 is 4.81. The van der Waals surface area contributed by atoms with Crippen molar-refractivity contribution in [3.8, 4) is 0 Å².